The second-order valence-corrected chi connectivity index (χ2v) is 5.33. The van der Waals surface area contributed by atoms with Crippen LogP contribution >= 0.6 is 11.8 Å². The molecule has 0 N–H and O–H groups in total. The molecule has 1 rings (SSSR count). The normalized spacial score (nSPS) is 33.2. The van der Waals surface area contributed by atoms with Gasteiger partial charge in [-0.05, 0) is 37.4 Å². The Morgan fingerprint density at radius 2 is 1.92 bits per heavy atom. The summed E-state index contributed by atoms with van der Waals surface area (Å²) >= 11 is 2.02. The van der Waals surface area contributed by atoms with Gasteiger partial charge < -0.3 is 0 Å². The van der Waals surface area contributed by atoms with Gasteiger partial charge in [-0.15, -0.1) is 0 Å². The smallest absolute Gasteiger partial charge is 0.100 e. The number of halogens is 1. The first-order valence-corrected chi connectivity index (χ1v) is 6.04. The van der Waals surface area contributed by atoms with Gasteiger partial charge in [-0.1, -0.05) is 13.8 Å². The number of hydrogen-bond acceptors (Lipinski definition) is 1. The highest BCUT2D eigenvalue weighted by molar-refractivity contribution is 7.99. The van der Waals surface area contributed by atoms with E-state index in [4.69, 9.17) is 0 Å². The van der Waals surface area contributed by atoms with Crippen LogP contribution in [0.15, 0.2) is 0 Å². The first-order valence-electron chi connectivity index (χ1n) is 4.99. The standard InChI is InChI=1S/C10H19FS/c1-3-12-8(2)9-4-6-10(11)7-5-9/h8-10H,3-7H2,1-2H3. The lowest BCUT2D eigenvalue weighted by Gasteiger charge is -2.28. The molecule has 1 aliphatic rings. The first kappa shape index (κ1) is 10.4. The van der Waals surface area contributed by atoms with Gasteiger partial charge in [-0.25, -0.2) is 4.39 Å². The molecule has 1 fully saturated rings. The topological polar surface area (TPSA) is 0 Å². The predicted molar refractivity (Wildman–Crippen MR) is 54.4 cm³/mol. The third kappa shape index (κ3) is 2.96. The van der Waals surface area contributed by atoms with Gasteiger partial charge >= 0.3 is 0 Å². The van der Waals surface area contributed by atoms with E-state index in [1.807, 2.05) is 11.8 Å². The van der Waals surface area contributed by atoms with Crippen molar-refractivity contribution in [3.8, 4) is 0 Å². The Morgan fingerprint density at radius 3 is 2.42 bits per heavy atom. The zero-order valence-electron chi connectivity index (χ0n) is 8.05. The second-order valence-electron chi connectivity index (χ2n) is 3.67. The Bertz CT molecular complexity index is 119. The van der Waals surface area contributed by atoms with Crippen LogP contribution in [0.1, 0.15) is 39.5 Å². The molecule has 72 valence electrons. The van der Waals surface area contributed by atoms with Gasteiger partial charge in [0.15, 0.2) is 0 Å². The van der Waals surface area contributed by atoms with E-state index in [0.29, 0.717) is 0 Å². The molecule has 0 aliphatic heterocycles. The van der Waals surface area contributed by atoms with Gasteiger partial charge in [-0.3, -0.25) is 0 Å². The van der Waals surface area contributed by atoms with Crippen molar-refractivity contribution in [3.63, 3.8) is 0 Å². The summed E-state index contributed by atoms with van der Waals surface area (Å²) < 4.78 is 12.8. The molecular weight excluding hydrogens is 171 g/mol. The molecule has 1 unspecified atom stereocenters. The fourth-order valence-corrected chi connectivity index (χ4v) is 3.02. The summed E-state index contributed by atoms with van der Waals surface area (Å²) in [5, 5.41) is 0.738. The second kappa shape index (κ2) is 5.11. The van der Waals surface area contributed by atoms with Gasteiger partial charge in [-0.2, -0.15) is 11.8 Å². The molecule has 0 aromatic carbocycles. The number of thioether (sulfide) groups is 1. The van der Waals surface area contributed by atoms with Crippen molar-refractivity contribution in [2.45, 2.75) is 51.0 Å². The van der Waals surface area contributed by atoms with E-state index in [2.05, 4.69) is 13.8 Å². The van der Waals surface area contributed by atoms with Crippen molar-refractivity contribution in [1.82, 2.24) is 0 Å². The van der Waals surface area contributed by atoms with Gasteiger partial charge in [0.1, 0.15) is 6.17 Å². The molecule has 0 amide bonds. The Morgan fingerprint density at radius 1 is 1.33 bits per heavy atom. The molecule has 1 aliphatic carbocycles. The van der Waals surface area contributed by atoms with E-state index in [0.717, 1.165) is 36.9 Å². The molecule has 0 bridgehead atoms. The average Bonchev–Trinajstić information content (AvgIpc) is 2.06. The van der Waals surface area contributed by atoms with Crippen molar-refractivity contribution < 1.29 is 4.39 Å². The van der Waals surface area contributed by atoms with E-state index in [1.165, 1.54) is 5.75 Å². The minimum Gasteiger partial charge on any atom is -0.247 e. The van der Waals surface area contributed by atoms with Crippen LogP contribution in [0, 0.1) is 5.92 Å². The van der Waals surface area contributed by atoms with E-state index in [1.54, 1.807) is 0 Å². The molecule has 1 atom stereocenters. The highest BCUT2D eigenvalue weighted by Crippen LogP contribution is 2.33. The summed E-state index contributed by atoms with van der Waals surface area (Å²) in [6.07, 6.45) is 3.32. The molecule has 0 spiro atoms. The largest absolute Gasteiger partial charge is 0.247 e. The minimum absolute atomic E-state index is 0.500. The van der Waals surface area contributed by atoms with Crippen molar-refractivity contribution in [1.29, 1.82) is 0 Å². The van der Waals surface area contributed by atoms with Gasteiger partial charge in [0.2, 0.25) is 0 Å². The molecule has 12 heavy (non-hydrogen) atoms. The molecule has 0 aromatic heterocycles. The maximum Gasteiger partial charge on any atom is 0.100 e. The SMILES string of the molecule is CCSC(C)C1CCC(F)CC1. The van der Waals surface area contributed by atoms with Crippen LogP contribution in [0.25, 0.3) is 0 Å². The third-order valence-corrected chi connectivity index (χ3v) is 4.04. The lowest BCUT2D eigenvalue weighted by Crippen LogP contribution is -2.22. The zero-order chi connectivity index (χ0) is 8.97. The number of hydrogen-bond donors (Lipinski definition) is 0. The Labute approximate surface area is 79.3 Å². The first-order chi connectivity index (χ1) is 5.74. The highest BCUT2D eigenvalue weighted by Gasteiger charge is 2.24. The van der Waals surface area contributed by atoms with Crippen LogP contribution in [0.5, 0.6) is 0 Å². The van der Waals surface area contributed by atoms with Crippen LogP contribution in [0.3, 0.4) is 0 Å². The number of alkyl halides is 1. The van der Waals surface area contributed by atoms with Gasteiger partial charge in [0, 0.05) is 5.25 Å². The zero-order valence-corrected chi connectivity index (χ0v) is 8.87. The molecule has 0 saturated heterocycles. The Balaban J connectivity index is 2.24. The summed E-state index contributed by atoms with van der Waals surface area (Å²) in [7, 11) is 0. The molecular formula is C10H19FS. The summed E-state index contributed by atoms with van der Waals surface area (Å²) in [5.41, 5.74) is 0. The van der Waals surface area contributed by atoms with Crippen LogP contribution in [-0.2, 0) is 0 Å². The maximum absolute atomic E-state index is 12.8. The van der Waals surface area contributed by atoms with Crippen LogP contribution < -0.4 is 0 Å². The van der Waals surface area contributed by atoms with Crippen LogP contribution in [0.4, 0.5) is 4.39 Å². The Kier molecular flexibility index (Phi) is 4.41. The molecule has 1 saturated carbocycles. The fourth-order valence-electron chi connectivity index (χ4n) is 1.95. The Hall–Kier alpha value is 0.280. The molecule has 0 aromatic rings. The van der Waals surface area contributed by atoms with E-state index < -0.39 is 6.17 Å². The molecule has 2 heteroatoms. The van der Waals surface area contributed by atoms with Crippen LogP contribution in [-0.4, -0.2) is 17.2 Å². The van der Waals surface area contributed by atoms with Gasteiger partial charge in [0.25, 0.3) is 0 Å². The summed E-state index contributed by atoms with van der Waals surface area (Å²) in [4.78, 5) is 0. The monoisotopic (exact) mass is 190 g/mol. The minimum atomic E-state index is -0.500. The quantitative estimate of drug-likeness (QED) is 0.654. The van der Waals surface area contributed by atoms with E-state index in [9.17, 15) is 4.39 Å². The summed E-state index contributed by atoms with van der Waals surface area (Å²) in [6.45, 7) is 4.49. The lowest BCUT2D eigenvalue weighted by atomic mass is 9.86. The molecule has 0 heterocycles. The maximum atomic E-state index is 12.8. The van der Waals surface area contributed by atoms with Gasteiger partial charge in [0.05, 0.1) is 0 Å². The van der Waals surface area contributed by atoms with Crippen molar-refractivity contribution in [2.24, 2.45) is 5.92 Å². The van der Waals surface area contributed by atoms with E-state index >= 15 is 0 Å². The summed E-state index contributed by atoms with van der Waals surface area (Å²) in [6, 6.07) is 0. The lowest BCUT2D eigenvalue weighted by molar-refractivity contribution is 0.207. The molecule has 0 radical (unpaired) electrons. The third-order valence-electron chi connectivity index (χ3n) is 2.79. The van der Waals surface area contributed by atoms with Crippen LogP contribution in [0.2, 0.25) is 0 Å². The van der Waals surface area contributed by atoms with Crippen molar-refractivity contribution >= 4 is 11.8 Å². The highest BCUT2D eigenvalue weighted by atomic mass is 32.2. The van der Waals surface area contributed by atoms with Crippen molar-refractivity contribution in [2.75, 3.05) is 5.75 Å². The van der Waals surface area contributed by atoms with E-state index in [-0.39, 0.29) is 0 Å². The molecule has 0 nitrogen and oxygen atoms in total. The van der Waals surface area contributed by atoms with Crippen molar-refractivity contribution in [3.05, 3.63) is 0 Å². The summed E-state index contributed by atoms with van der Waals surface area (Å²) in [5.74, 6) is 1.97. The number of rotatable bonds is 3. The average molecular weight is 190 g/mol. The predicted octanol–water partition coefficient (Wildman–Crippen LogP) is 3.66. The fraction of sp³-hybridized carbons (Fsp3) is 1.00.